The first-order valence-electron chi connectivity index (χ1n) is 9.13. The Morgan fingerprint density at radius 3 is 2.48 bits per heavy atom. The standard InChI is InChI=1S/C21H25ClN2O/c22-19-8-6-18(7-9-19)20-15-24(14-17-4-2-1-3-5-17)16-21(25-20)10-12-23-13-11-21/h1-9,20,23H,10-16H2/t20-/m0/s1. The number of hydrogen-bond donors (Lipinski definition) is 1. The van der Waals surface area contributed by atoms with Crippen LogP contribution in [-0.4, -0.2) is 36.7 Å². The fourth-order valence-corrected chi connectivity index (χ4v) is 4.18. The summed E-state index contributed by atoms with van der Waals surface area (Å²) in [5, 5.41) is 4.24. The molecule has 1 atom stereocenters. The molecule has 2 aliphatic heterocycles. The number of nitrogens with zero attached hydrogens (tertiary/aromatic N) is 1. The average Bonchev–Trinajstić information content (AvgIpc) is 2.63. The monoisotopic (exact) mass is 356 g/mol. The molecule has 2 aromatic carbocycles. The summed E-state index contributed by atoms with van der Waals surface area (Å²) in [5.74, 6) is 0. The first kappa shape index (κ1) is 17.0. The van der Waals surface area contributed by atoms with Crippen LogP contribution in [0.5, 0.6) is 0 Å². The predicted molar refractivity (Wildman–Crippen MR) is 102 cm³/mol. The summed E-state index contributed by atoms with van der Waals surface area (Å²) in [4.78, 5) is 2.56. The van der Waals surface area contributed by atoms with Crippen LogP contribution in [0.1, 0.15) is 30.1 Å². The smallest absolute Gasteiger partial charge is 0.0960 e. The summed E-state index contributed by atoms with van der Waals surface area (Å²) in [7, 11) is 0. The molecule has 25 heavy (non-hydrogen) atoms. The molecule has 2 heterocycles. The molecule has 1 spiro atoms. The Morgan fingerprint density at radius 2 is 1.76 bits per heavy atom. The molecule has 2 aliphatic rings. The van der Waals surface area contributed by atoms with Crippen molar-refractivity contribution >= 4 is 11.6 Å². The summed E-state index contributed by atoms with van der Waals surface area (Å²) in [6, 6.07) is 18.9. The fraction of sp³-hybridized carbons (Fsp3) is 0.429. The fourth-order valence-electron chi connectivity index (χ4n) is 4.05. The van der Waals surface area contributed by atoms with Crippen molar-refractivity contribution in [2.45, 2.75) is 31.1 Å². The van der Waals surface area contributed by atoms with E-state index in [0.717, 1.165) is 50.6 Å². The molecule has 132 valence electrons. The van der Waals surface area contributed by atoms with Crippen LogP contribution in [-0.2, 0) is 11.3 Å². The zero-order chi connectivity index (χ0) is 17.1. The summed E-state index contributed by atoms with van der Waals surface area (Å²) in [6.07, 6.45) is 2.25. The molecule has 1 N–H and O–H groups in total. The molecule has 0 unspecified atom stereocenters. The highest BCUT2D eigenvalue weighted by Crippen LogP contribution is 2.37. The minimum absolute atomic E-state index is 0.0391. The molecule has 0 bridgehead atoms. The molecule has 0 aromatic heterocycles. The van der Waals surface area contributed by atoms with E-state index in [1.54, 1.807) is 0 Å². The maximum absolute atomic E-state index is 6.68. The van der Waals surface area contributed by atoms with Crippen LogP contribution in [0.15, 0.2) is 54.6 Å². The Balaban J connectivity index is 1.57. The second-order valence-corrected chi connectivity index (χ2v) is 7.68. The average molecular weight is 357 g/mol. The third-order valence-electron chi connectivity index (χ3n) is 5.33. The van der Waals surface area contributed by atoms with Gasteiger partial charge in [-0.15, -0.1) is 0 Å². The van der Waals surface area contributed by atoms with Crippen molar-refractivity contribution in [1.29, 1.82) is 0 Å². The molecule has 0 amide bonds. The van der Waals surface area contributed by atoms with Gasteiger partial charge >= 0.3 is 0 Å². The second kappa shape index (κ2) is 7.46. The van der Waals surface area contributed by atoms with Crippen molar-refractivity contribution in [3.8, 4) is 0 Å². The number of piperidine rings is 1. The van der Waals surface area contributed by atoms with E-state index in [9.17, 15) is 0 Å². The van der Waals surface area contributed by atoms with Crippen LogP contribution >= 0.6 is 11.6 Å². The highest BCUT2D eigenvalue weighted by atomic mass is 35.5. The first-order valence-corrected chi connectivity index (χ1v) is 9.51. The molecule has 3 nitrogen and oxygen atoms in total. The van der Waals surface area contributed by atoms with Crippen LogP contribution in [0.4, 0.5) is 0 Å². The number of ether oxygens (including phenoxy) is 1. The molecule has 2 aromatic rings. The van der Waals surface area contributed by atoms with Gasteiger partial charge < -0.3 is 10.1 Å². The maximum atomic E-state index is 6.68. The first-order chi connectivity index (χ1) is 12.2. The van der Waals surface area contributed by atoms with E-state index in [1.165, 1.54) is 11.1 Å². The SMILES string of the molecule is Clc1ccc([C@@H]2CN(Cc3ccccc3)CC3(CCNCC3)O2)cc1. The molecule has 2 saturated heterocycles. The lowest BCUT2D eigenvalue weighted by molar-refractivity contribution is -0.171. The Morgan fingerprint density at radius 1 is 1.04 bits per heavy atom. The van der Waals surface area contributed by atoms with Gasteiger partial charge in [0.25, 0.3) is 0 Å². The number of hydrogen-bond acceptors (Lipinski definition) is 3. The topological polar surface area (TPSA) is 24.5 Å². The molecular formula is C21H25ClN2O. The Labute approximate surface area is 154 Å². The van der Waals surface area contributed by atoms with Gasteiger partial charge in [0.15, 0.2) is 0 Å². The van der Waals surface area contributed by atoms with Gasteiger partial charge in [0.2, 0.25) is 0 Å². The number of morpholine rings is 1. The molecule has 4 rings (SSSR count). The molecule has 0 radical (unpaired) electrons. The minimum atomic E-state index is -0.0391. The number of halogens is 1. The largest absolute Gasteiger partial charge is 0.364 e. The van der Waals surface area contributed by atoms with E-state index in [0.29, 0.717) is 0 Å². The van der Waals surface area contributed by atoms with Crippen molar-refractivity contribution in [3.05, 3.63) is 70.7 Å². The van der Waals surface area contributed by atoms with Gasteiger partial charge in [-0.25, -0.2) is 0 Å². The van der Waals surface area contributed by atoms with E-state index < -0.39 is 0 Å². The predicted octanol–water partition coefficient (Wildman–Crippen LogP) is 4.04. The second-order valence-electron chi connectivity index (χ2n) is 7.25. The normalized spacial score (nSPS) is 23.6. The summed E-state index contributed by atoms with van der Waals surface area (Å²) in [6.45, 7) is 4.97. The lowest BCUT2D eigenvalue weighted by Gasteiger charge is -2.48. The third-order valence-corrected chi connectivity index (χ3v) is 5.59. The maximum Gasteiger partial charge on any atom is 0.0960 e. The van der Waals surface area contributed by atoms with Gasteiger partial charge in [0.1, 0.15) is 0 Å². The van der Waals surface area contributed by atoms with Gasteiger partial charge in [-0.3, -0.25) is 4.90 Å². The molecule has 2 fully saturated rings. The molecular weight excluding hydrogens is 332 g/mol. The number of rotatable bonds is 3. The van der Waals surface area contributed by atoms with Gasteiger partial charge in [0, 0.05) is 24.7 Å². The van der Waals surface area contributed by atoms with E-state index in [4.69, 9.17) is 16.3 Å². The van der Waals surface area contributed by atoms with Crippen LogP contribution in [0, 0.1) is 0 Å². The van der Waals surface area contributed by atoms with Crippen molar-refractivity contribution in [3.63, 3.8) is 0 Å². The highest BCUT2D eigenvalue weighted by Gasteiger charge is 2.41. The summed E-state index contributed by atoms with van der Waals surface area (Å²) in [5.41, 5.74) is 2.55. The van der Waals surface area contributed by atoms with Crippen molar-refractivity contribution in [1.82, 2.24) is 10.2 Å². The third kappa shape index (κ3) is 4.06. The lowest BCUT2D eigenvalue weighted by atomic mass is 9.88. The molecule has 0 saturated carbocycles. The molecule has 4 heteroatoms. The van der Waals surface area contributed by atoms with Crippen LogP contribution < -0.4 is 5.32 Å². The van der Waals surface area contributed by atoms with E-state index in [1.807, 2.05) is 12.1 Å². The van der Waals surface area contributed by atoms with Crippen LogP contribution in [0.2, 0.25) is 5.02 Å². The van der Waals surface area contributed by atoms with Gasteiger partial charge in [-0.05, 0) is 49.2 Å². The van der Waals surface area contributed by atoms with Crippen LogP contribution in [0.25, 0.3) is 0 Å². The Hall–Kier alpha value is -1.39. The summed E-state index contributed by atoms with van der Waals surface area (Å²) < 4.78 is 6.68. The minimum Gasteiger partial charge on any atom is -0.364 e. The zero-order valence-corrected chi connectivity index (χ0v) is 15.2. The van der Waals surface area contributed by atoms with E-state index in [-0.39, 0.29) is 11.7 Å². The van der Waals surface area contributed by atoms with Crippen molar-refractivity contribution in [2.75, 3.05) is 26.2 Å². The van der Waals surface area contributed by atoms with E-state index in [2.05, 4.69) is 52.7 Å². The van der Waals surface area contributed by atoms with Crippen molar-refractivity contribution < 1.29 is 4.74 Å². The highest BCUT2D eigenvalue weighted by molar-refractivity contribution is 6.30. The summed E-state index contributed by atoms with van der Waals surface area (Å²) >= 11 is 6.07. The van der Waals surface area contributed by atoms with Gasteiger partial charge in [-0.2, -0.15) is 0 Å². The Kier molecular flexibility index (Phi) is 5.09. The number of nitrogens with one attached hydrogen (secondary N) is 1. The number of benzene rings is 2. The van der Waals surface area contributed by atoms with Gasteiger partial charge in [0.05, 0.1) is 11.7 Å². The quantitative estimate of drug-likeness (QED) is 0.898. The van der Waals surface area contributed by atoms with E-state index >= 15 is 0 Å². The van der Waals surface area contributed by atoms with Crippen LogP contribution in [0.3, 0.4) is 0 Å². The molecule has 0 aliphatic carbocycles. The lowest BCUT2D eigenvalue weighted by Crippen LogP contribution is -2.56. The van der Waals surface area contributed by atoms with Gasteiger partial charge in [-0.1, -0.05) is 54.1 Å². The Bertz CT molecular complexity index is 683. The zero-order valence-electron chi connectivity index (χ0n) is 14.5. The van der Waals surface area contributed by atoms with Crippen molar-refractivity contribution in [2.24, 2.45) is 0 Å².